The molecule has 94 valence electrons. The number of hydrogen-bond acceptors (Lipinski definition) is 3. The second kappa shape index (κ2) is 5.98. The molecule has 0 aliphatic rings. The van der Waals surface area contributed by atoms with Crippen molar-refractivity contribution >= 4 is 21.7 Å². The van der Waals surface area contributed by atoms with Crippen LogP contribution in [0, 0.1) is 6.92 Å². The first-order valence-electron chi connectivity index (χ1n) is 5.77. The molecule has 1 aromatic carbocycles. The van der Waals surface area contributed by atoms with Gasteiger partial charge in [-0.15, -0.1) is 0 Å². The van der Waals surface area contributed by atoms with E-state index in [0.717, 1.165) is 21.5 Å². The van der Waals surface area contributed by atoms with Crippen LogP contribution in [-0.4, -0.2) is 16.6 Å². The summed E-state index contributed by atoms with van der Waals surface area (Å²) in [6, 6.07) is 13.4. The fourth-order valence-corrected chi connectivity index (χ4v) is 1.86. The fraction of sp³-hybridized carbons (Fsp3) is 0.214. The number of anilines is 1. The molecule has 0 amide bonds. The lowest BCUT2D eigenvalue weighted by Crippen LogP contribution is -2.13. The van der Waals surface area contributed by atoms with Gasteiger partial charge in [0.15, 0.2) is 0 Å². The highest BCUT2D eigenvalue weighted by molar-refractivity contribution is 9.10. The maximum atomic E-state index is 10.0. The minimum absolute atomic E-state index is 0.443. The van der Waals surface area contributed by atoms with E-state index in [1.54, 1.807) is 0 Å². The molecule has 2 rings (SSSR count). The Bertz CT molecular complexity index is 516. The molecule has 3 nitrogen and oxygen atoms in total. The molecule has 0 aliphatic carbocycles. The lowest BCUT2D eigenvalue weighted by atomic mass is 10.1. The van der Waals surface area contributed by atoms with Crippen molar-refractivity contribution in [2.75, 3.05) is 11.9 Å². The molecule has 18 heavy (non-hydrogen) atoms. The third-order valence-corrected chi connectivity index (χ3v) is 3.52. The van der Waals surface area contributed by atoms with E-state index in [1.165, 1.54) is 0 Å². The molecule has 1 unspecified atom stereocenters. The maximum Gasteiger partial charge on any atom is 0.126 e. The molecule has 0 spiro atoms. The monoisotopic (exact) mass is 306 g/mol. The van der Waals surface area contributed by atoms with Crippen molar-refractivity contribution in [3.8, 4) is 0 Å². The Morgan fingerprint density at radius 1 is 1.22 bits per heavy atom. The number of hydrogen-bond donors (Lipinski definition) is 2. The van der Waals surface area contributed by atoms with Crippen LogP contribution in [0.15, 0.2) is 46.9 Å². The lowest BCUT2D eigenvalue weighted by Gasteiger charge is -2.13. The quantitative estimate of drug-likeness (QED) is 0.911. The van der Waals surface area contributed by atoms with Crippen LogP contribution in [0.3, 0.4) is 0 Å². The van der Waals surface area contributed by atoms with Crippen LogP contribution >= 0.6 is 15.9 Å². The smallest absolute Gasteiger partial charge is 0.126 e. The molecule has 0 aliphatic heterocycles. The molecule has 0 saturated heterocycles. The third-order valence-electron chi connectivity index (χ3n) is 2.68. The second-order valence-corrected chi connectivity index (χ2v) is 4.93. The Balaban J connectivity index is 1.97. The van der Waals surface area contributed by atoms with Crippen LogP contribution < -0.4 is 5.32 Å². The van der Waals surface area contributed by atoms with Gasteiger partial charge in [-0.2, -0.15) is 0 Å². The van der Waals surface area contributed by atoms with E-state index in [1.807, 2.05) is 49.4 Å². The minimum atomic E-state index is -0.531. The highest BCUT2D eigenvalue weighted by atomic mass is 79.9. The first-order valence-corrected chi connectivity index (χ1v) is 6.56. The Kier molecular flexibility index (Phi) is 4.33. The lowest BCUT2D eigenvalue weighted by molar-refractivity contribution is 0.191. The fourth-order valence-electron chi connectivity index (χ4n) is 1.64. The minimum Gasteiger partial charge on any atom is -0.387 e. The summed E-state index contributed by atoms with van der Waals surface area (Å²) in [5.74, 6) is 0.769. The molecular formula is C14H15BrN2O. The standard InChI is InChI=1S/C14H15BrN2O/c1-10-12(15)7-8-14(17-10)16-9-13(18)11-5-3-2-4-6-11/h2-8,13,18H,9H2,1H3,(H,16,17). The van der Waals surface area contributed by atoms with Gasteiger partial charge in [0.25, 0.3) is 0 Å². The highest BCUT2D eigenvalue weighted by Crippen LogP contribution is 2.17. The normalized spacial score (nSPS) is 12.2. The number of benzene rings is 1. The van der Waals surface area contributed by atoms with Gasteiger partial charge in [0.2, 0.25) is 0 Å². The van der Waals surface area contributed by atoms with Crippen molar-refractivity contribution in [1.82, 2.24) is 4.98 Å². The number of nitrogens with zero attached hydrogens (tertiary/aromatic N) is 1. The maximum absolute atomic E-state index is 10.0. The summed E-state index contributed by atoms with van der Waals surface area (Å²) in [4.78, 5) is 4.37. The first-order chi connectivity index (χ1) is 8.66. The zero-order chi connectivity index (χ0) is 13.0. The van der Waals surface area contributed by atoms with Crippen molar-refractivity contribution in [3.05, 3.63) is 58.2 Å². The zero-order valence-electron chi connectivity index (χ0n) is 10.1. The van der Waals surface area contributed by atoms with Crippen molar-refractivity contribution < 1.29 is 5.11 Å². The van der Waals surface area contributed by atoms with E-state index in [-0.39, 0.29) is 0 Å². The van der Waals surface area contributed by atoms with Crippen LogP contribution in [0.2, 0.25) is 0 Å². The number of aliphatic hydroxyl groups is 1. The predicted molar refractivity (Wildman–Crippen MR) is 76.6 cm³/mol. The van der Waals surface area contributed by atoms with Gasteiger partial charge in [-0.05, 0) is 40.5 Å². The third kappa shape index (κ3) is 3.31. The second-order valence-electron chi connectivity index (χ2n) is 4.07. The van der Waals surface area contributed by atoms with Crippen molar-refractivity contribution in [2.24, 2.45) is 0 Å². The van der Waals surface area contributed by atoms with Crippen molar-refractivity contribution in [2.45, 2.75) is 13.0 Å². The number of rotatable bonds is 4. The number of aryl methyl sites for hydroxylation is 1. The van der Waals surface area contributed by atoms with E-state index < -0.39 is 6.10 Å². The van der Waals surface area contributed by atoms with E-state index in [9.17, 15) is 5.11 Å². The van der Waals surface area contributed by atoms with Crippen molar-refractivity contribution in [1.29, 1.82) is 0 Å². The Labute approximate surface area is 115 Å². The molecule has 2 aromatic rings. The Hall–Kier alpha value is -1.39. The molecule has 2 N–H and O–H groups in total. The molecule has 0 fully saturated rings. The molecular weight excluding hydrogens is 292 g/mol. The van der Waals surface area contributed by atoms with E-state index >= 15 is 0 Å². The Morgan fingerprint density at radius 3 is 2.61 bits per heavy atom. The van der Waals surface area contributed by atoms with E-state index in [4.69, 9.17) is 0 Å². The highest BCUT2D eigenvalue weighted by Gasteiger charge is 2.07. The molecule has 1 atom stereocenters. The predicted octanol–water partition coefficient (Wildman–Crippen LogP) is 3.30. The number of pyridine rings is 1. The van der Waals surface area contributed by atoms with Crippen molar-refractivity contribution in [3.63, 3.8) is 0 Å². The van der Waals surface area contributed by atoms with Crippen LogP contribution in [-0.2, 0) is 0 Å². The summed E-state index contributed by atoms with van der Waals surface area (Å²) in [6.07, 6.45) is -0.531. The van der Waals surface area contributed by atoms with E-state index in [0.29, 0.717) is 6.54 Å². The molecule has 0 bridgehead atoms. The summed E-state index contributed by atoms with van der Waals surface area (Å²) < 4.78 is 0.983. The van der Waals surface area contributed by atoms with Gasteiger partial charge in [0.05, 0.1) is 11.8 Å². The zero-order valence-corrected chi connectivity index (χ0v) is 11.7. The summed E-state index contributed by atoms with van der Waals surface area (Å²) in [6.45, 7) is 2.38. The van der Waals surface area contributed by atoms with Crippen LogP contribution in [0.25, 0.3) is 0 Å². The van der Waals surface area contributed by atoms with Crippen LogP contribution in [0.5, 0.6) is 0 Å². The number of aromatic nitrogens is 1. The molecule has 1 aromatic heterocycles. The molecule has 0 saturated carbocycles. The summed E-state index contributed by atoms with van der Waals surface area (Å²) in [7, 11) is 0. The van der Waals surface area contributed by atoms with Crippen LogP contribution in [0.1, 0.15) is 17.4 Å². The SMILES string of the molecule is Cc1nc(NCC(O)c2ccccc2)ccc1Br. The summed E-state index contributed by atoms with van der Waals surface area (Å²) in [5, 5.41) is 13.1. The average molecular weight is 307 g/mol. The van der Waals surface area contributed by atoms with Gasteiger partial charge in [-0.3, -0.25) is 0 Å². The summed E-state index contributed by atoms with van der Waals surface area (Å²) in [5.41, 5.74) is 1.83. The molecule has 1 heterocycles. The number of halogens is 1. The van der Waals surface area contributed by atoms with Gasteiger partial charge < -0.3 is 10.4 Å². The van der Waals surface area contributed by atoms with Gasteiger partial charge in [-0.25, -0.2) is 4.98 Å². The van der Waals surface area contributed by atoms with Gasteiger partial charge in [-0.1, -0.05) is 30.3 Å². The van der Waals surface area contributed by atoms with Gasteiger partial charge in [0.1, 0.15) is 5.82 Å². The summed E-state index contributed by atoms with van der Waals surface area (Å²) >= 11 is 3.41. The average Bonchev–Trinajstić information content (AvgIpc) is 2.41. The van der Waals surface area contributed by atoms with E-state index in [2.05, 4.69) is 26.2 Å². The van der Waals surface area contributed by atoms with Gasteiger partial charge in [0, 0.05) is 11.0 Å². The van der Waals surface area contributed by atoms with Crippen LogP contribution in [0.4, 0.5) is 5.82 Å². The van der Waals surface area contributed by atoms with Gasteiger partial charge >= 0.3 is 0 Å². The first kappa shape index (κ1) is 13.1. The number of aliphatic hydroxyl groups excluding tert-OH is 1. The molecule has 4 heteroatoms. The Morgan fingerprint density at radius 2 is 1.94 bits per heavy atom. The topological polar surface area (TPSA) is 45.2 Å². The number of nitrogens with one attached hydrogen (secondary N) is 1. The largest absolute Gasteiger partial charge is 0.387 e. The molecule has 0 radical (unpaired) electrons.